The summed E-state index contributed by atoms with van der Waals surface area (Å²) in [6.07, 6.45) is 2.20. The molecule has 0 aromatic heterocycles. The van der Waals surface area contributed by atoms with Crippen LogP contribution in [0.25, 0.3) is 0 Å². The van der Waals surface area contributed by atoms with Crippen LogP contribution in [0, 0.1) is 11.7 Å². The number of halogens is 2. The number of hydrogen-bond donors (Lipinski definition) is 0. The van der Waals surface area contributed by atoms with Gasteiger partial charge >= 0.3 is 0 Å². The lowest BCUT2D eigenvalue weighted by Crippen LogP contribution is -2.13. The van der Waals surface area contributed by atoms with Gasteiger partial charge in [-0.1, -0.05) is 32.4 Å². The summed E-state index contributed by atoms with van der Waals surface area (Å²) in [7, 11) is 0. The number of ketones is 1. The Bertz CT molecular complexity index is 376. The molecule has 0 aliphatic rings. The molecule has 0 radical (unpaired) electrons. The quantitative estimate of drug-likeness (QED) is 0.795. The maximum Gasteiger partial charge on any atom is 0.140 e. The third-order valence-electron chi connectivity index (χ3n) is 2.67. The number of hydrogen-bond acceptors (Lipinski definition) is 1. The van der Waals surface area contributed by atoms with Crippen molar-refractivity contribution in [2.24, 2.45) is 5.92 Å². The monoisotopic (exact) mass is 286 g/mol. The molecule has 0 N–H and O–H groups in total. The number of carbonyl (C=O) groups excluding carboxylic acids is 1. The fraction of sp³-hybridized carbons (Fsp3) is 0.462. The predicted molar refractivity (Wildman–Crippen MR) is 66.9 cm³/mol. The molecular formula is C13H16BrFO. The average molecular weight is 287 g/mol. The van der Waals surface area contributed by atoms with Gasteiger partial charge in [-0.25, -0.2) is 4.39 Å². The minimum absolute atomic E-state index is 0.0557. The van der Waals surface area contributed by atoms with Crippen LogP contribution in [0.2, 0.25) is 0 Å². The number of rotatable bonds is 5. The van der Waals surface area contributed by atoms with Crippen LogP contribution in [0.1, 0.15) is 32.3 Å². The molecule has 0 aliphatic heterocycles. The van der Waals surface area contributed by atoms with Gasteiger partial charge in [0.2, 0.25) is 0 Å². The first-order chi connectivity index (χ1) is 7.56. The van der Waals surface area contributed by atoms with Gasteiger partial charge in [-0.2, -0.15) is 0 Å². The van der Waals surface area contributed by atoms with Crippen LogP contribution in [0.5, 0.6) is 0 Å². The Balaban J connectivity index is 2.73. The molecule has 0 fully saturated rings. The topological polar surface area (TPSA) is 17.1 Å². The Kier molecular flexibility index (Phi) is 5.13. The van der Waals surface area contributed by atoms with Crippen molar-refractivity contribution in [1.82, 2.24) is 0 Å². The van der Waals surface area contributed by atoms with Gasteiger partial charge in [0.1, 0.15) is 11.6 Å². The molecule has 0 spiro atoms. The molecule has 1 unspecified atom stereocenters. The summed E-state index contributed by atoms with van der Waals surface area (Å²) >= 11 is 3.17. The van der Waals surface area contributed by atoms with Crippen LogP contribution in [0.4, 0.5) is 4.39 Å². The van der Waals surface area contributed by atoms with Gasteiger partial charge in [-0.15, -0.1) is 0 Å². The number of benzene rings is 1. The van der Waals surface area contributed by atoms with E-state index in [0.29, 0.717) is 10.9 Å². The first-order valence-corrected chi connectivity index (χ1v) is 6.31. The summed E-state index contributed by atoms with van der Waals surface area (Å²) in [6, 6.07) is 4.80. The average Bonchev–Trinajstić information content (AvgIpc) is 2.25. The minimum Gasteiger partial charge on any atom is -0.299 e. The summed E-state index contributed by atoms with van der Waals surface area (Å²) < 4.78 is 13.6. The van der Waals surface area contributed by atoms with Gasteiger partial charge < -0.3 is 0 Å². The second-order valence-corrected chi connectivity index (χ2v) is 4.84. The highest BCUT2D eigenvalue weighted by Gasteiger charge is 2.15. The van der Waals surface area contributed by atoms with Crippen molar-refractivity contribution in [2.45, 2.75) is 33.1 Å². The van der Waals surface area contributed by atoms with Gasteiger partial charge in [0, 0.05) is 12.3 Å². The molecule has 0 amide bonds. The lowest BCUT2D eigenvalue weighted by atomic mass is 9.96. The highest BCUT2D eigenvalue weighted by molar-refractivity contribution is 9.10. The van der Waals surface area contributed by atoms with E-state index in [4.69, 9.17) is 0 Å². The lowest BCUT2D eigenvalue weighted by Gasteiger charge is -2.10. The SMILES string of the molecule is CCCC(C)C(=O)Cc1cccc(F)c1Br. The lowest BCUT2D eigenvalue weighted by molar-refractivity contribution is -0.121. The molecule has 0 saturated carbocycles. The zero-order valence-electron chi connectivity index (χ0n) is 9.59. The summed E-state index contributed by atoms with van der Waals surface area (Å²) in [4.78, 5) is 11.8. The van der Waals surface area contributed by atoms with E-state index >= 15 is 0 Å². The standard InChI is InChI=1S/C13H16BrFO/c1-3-5-9(2)12(16)8-10-6-4-7-11(15)13(10)14/h4,6-7,9H,3,5,8H2,1-2H3. The van der Waals surface area contributed by atoms with Gasteiger partial charge in [-0.05, 0) is 34.0 Å². The molecule has 1 nitrogen and oxygen atoms in total. The Morgan fingerprint density at radius 2 is 2.19 bits per heavy atom. The second kappa shape index (κ2) is 6.14. The summed E-state index contributed by atoms with van der Waals surface area (Å²) in [5, 5.41) is 0. The van der Waals surface area contributed by atoms with Crippen LogP contribution in [-0.2, 0) is 11.2 Å². The van der Waals surface area contributed by atoms with E-state index in [9.17, 15) is 9.18 Å². The third kappa shape index (κ3) is 3.41. The summed E-state index contributed by atoms with van der Waals surface area (Å²) in [6.45, 7) is 3.99. The van der Waals surface area contributed by atoms with E-state index in [0.717, 1.165) is 18.4 Å². The van der Waals surface area contributed by atoms with E-state index < -0.39 is 0 Å². The van der Waals surface area contributed by atoms with E-state index in [1.54, 1.807) is 12.1 Å². The van der Waals surface area contributed by atoms with E-state index in [1.807, 2.05) is 6.92 Å². The predicted octanol–water partition coefficient (Wildman–Crippen LogP) is 4.14. The Morgan fingerprint density at radius 3 is 2.81 bits per heavy atom. The maximum absolute atomic E-state index is 13.2. The van der Waals surface area contributed by atoms with Crippen molar-refractivity contribution in [3.8, 4) is 0 Å². The third-order valence-corrected chi connectivity index (χ3v) is 3.56. The normalized spacial score (nSPS) is 12.5. The molecule has 3 heteroatoms. The van der Waals surface area contributed by atoms with Gasteiger partial charge in [-0.3, -0.25) is 4.79 Å². The smallest absolute Gasteiger partial charge is 0.140 e. The molecule has 0 heterocycles. The molecule has 0 bridgehead atoms. The molecule has 1 aromatic rings. The molecule has 1 atom stereocenters. The van der Waals surface area contributed by atoms with E-state index in [1.165, 1.54) is 6.07 Å². The fourth-order valence-corrected chi connectivity index (χ4v) is 2.05. The van der Waals surface area contributed by atoms with Gasteiger partial charge in [0.25, 0.3) is 0 Å². The molecule has 1 aromatic carbocycles. The highest BCUT2D eigenvalue weighted by Crippen LogP contribution is 2.22. The Labute approximate surface area is 104 Å². The zero-order chi connectivity index (χ0) is 12.1. The van der Waals surface area contributed by atoms with Crippen molar-refractivity contribution in [1.29, 1.82) is 0 Å². The largest absolute Gasteiger partial charge is 0.299 e. The van der Waals surface area contributed by atoms with Gasteiger partial charge in [0.15, 0.2) is 0 Å². The van der Waals surface area contributed by atoms with Crippen LogP contribution in [0.15, 0.2) is 22.7 Å². The molecule has 88 valence electrons. The van der Waals surface area contributed by atoms with Crippen molar-refractivity contribution < 1.29 is 9.18 Å². The van der Waals surface area contributed by atoms with Crippen molar-refractivity contribution >= 4 is 21.7 Å². The maximum atomic E-state index is 13.2. The zero-order valence-corrected chi connectivity index (χ0v) is 11.2. The van der Waals surface area contributed by atoms with Gasteiger partial charge in [0.05, 0.1) is 4.47 Å². The van der Waals surface area contributed by atoms with Crippen molar-refractivity contribution in [3.05, 3.63) is 34.1 Å². The molecule has 0 aliphatic carbocycles. The van der Waals surface area contributed by atoms with Crippen molar-refractivity contribution in [2.75, 3.05) is 0 Å². The second-order valence-electron chi connectivity index (χ2n) is 4.05. The molecule has 0 saturated heterocycles. The summed E-state index contributed by atoms with van der Waals surface area (Å²) in [5.74, 6) is -0.0817. The Morgan fingerprint density at radius 1 is 1.50 bits per heavy atom. The van der Waals surface area contributed by atoms with E-state index in [-0.39, 0.29) is 17.5 Å². The van der Waals surface area contributed by atoms with Crippen LogP contribution >= 0.6 is 15.9 Å². The first-order valence-electron chi connectivity index (χ1n) is 5.51. The molecule has 1 rings (SSSR count). The van der Waals surface area contributed by atoms with Crippen LogP contribution < -0.4 is 0 Å². The molecule has 16 heavy (non-hydrogen) atoms. The summed E-state index contributed by atoms with van der Waals surface area (Å²) in [5.41, 5.74) is 0.730. The fourth-order valence-electron chi connectivity index (χ4n) is 1.64. The minimum atomic E-state index is -0.312. The van der Waals surface area contributed by atoms with E-state index in [2.05, 4.69) is 22.9 Å². The van der Waals surface area contributed by atoms with Crippen LogP contribution in [0.3, 0.4) is 0 Å². The van der Waals surface area contributed by atoms with Crippen LogP contribution in [-0.4, -0.2) is 5.78 Å². The number of carbonyl (C=O) groups is 1. The first kappa shape index (κ1) is 13.4. The Hall–Kier alpha value is -0.700. The molecular weight excluding hydrogens is 271 g/mol. The van der Waals surface area contributed by atoms with Crippen molar-refractivity contribution in [3.63, 3.8) is 0 Å². The highest BCUT2D eigenvalue weighted by atomic mass is 79.9. The number of Topliss-reactive ketones (excluding diaryl/α,β-unsaturated/α-hetero) is 1.